The number of ether oxygens (including phenoxy) is 1. The van der Waals surface area contributed by atoms with Crippen LogP contribution in [0.25, 0.3) is 21.0 Å². The molecule has 0 spiro atoms. The fourth-order valence-corrected chi connectivity index (χ4v) is 5.22. The third-order valence-electron chi connectivity index (χ3n) is 3.88. The second-order valence-corrected chi connectivity index (χ2v) is 8.52. The monoisotopic (exact) mass is 415 g/mol. The predicted molar refractivity (Wildman–Crippen MR) is 107 cm³/mol. The summed E-state index contributed by atoms with van der Waals surface area (Å²) in [5.41, 5.74) is 2.28. The van der Waals surface area contributed by atoms with Gasteiger partial charge in [0, 0.05) is 15.8 Å². The second kappa shape index (κ2) is 6.75. The molecule has 120 valence electrons. The number of methoxy groups -OCH3 is 1. The van der Waals surface area contributed by atoms with Crippen LogP contribution >= 0.6 is 39.0 Å². The summed E-state index contributed by atoms with van der Waals surface area (Å²) in [4.78, 5) is 4.71. The smallest absolute Gasteiger partial charge is 0.151 e. The number of rotatable bonds is 4. The fourth-order valence-electron chi connectivity index (χ4n) is 2.73. The molecule has 0 aliphatic carbocycles. The first-order valence-corrected chi connectivity index (χ1v) is 10.1. The van der Waals surface area contributed by atoms with Crippen molar-refractivity contribution in [1.29, 1.82) is 0 Å². The first kappa shape index (κ1) is 15.9. The van der Waals surface area contributed by atoms with E-state index in [0.29, 0.717) is 0 Å². The van der Waals surface area contributed by atoms with E-state index in [1.54, 1.807) is 30.2 Å². The average Bonchev–Trinajstić information content (AvgIpc) is 3.02. The molecule has 0 atom stereocenters. The van der Waals surface area contributed by atoms with E-state index >= 15 is 0 Å². The number of para-hydroxylation sites is 1. The molecule has 4 rings (SSSR count). The van der Waals surface area contributed by atoms with Gasteiger partial charge >= 0.3 is 0 Å². The van der Waals surface area contributed by atoms with Gasteiger partial charge in [-0.15, -0.1) is 11.3 Å². The van der Waals surface area contributed by atoms with Gasteiger partial charge in [0.15, 0.2) is 4.34 Å². The quantitative estimate of drug-likeness (QED) is 0.354. The highest BCUT2D eigenvalue weighted by atomic mass is 79.9. The normalized spacial score (nSPS) is 11.2. The Morgan fingerprint density at radius 3 is 2.83 bits per heavy atom. The molecule has 5 heteroatoms. The molecular weight excluding hydrogens is 402 g/mol. The summed E-state index contributed by atoms with van der Waals surface area (Å²) < 4.78 is 9.00. The minimum atomic E-state index is 0.835. The van der Waals surface area contributed by atoms with Crippen LogP contribution in [0.1, 0.15) is 5.56 Å². The van der Waals surface area contributed by atoms with Gasteiger partial charge in [0.1, 0.15) is 5.75 Å². The lowest BCUT2D eigenvalue weighted by molar-refractivity contribution is 0.412. The SMILES string of the molecule is COc1ccc2cc(Br)ccc2c1CSc1nc2ccccc2s1. The van der Waals surface area contributed by atoms with Crippen molar-refractivity contribution in [3.05, 3.63) is 64.6 Å². The highest BCUT2D eigenvalue weighted by Crippen LogP contribution is 2.37. The van der Waals surface area contributed by atoms with E-state index in [-0.39, 0.29) is 0 Å². The van der Waals surface area contributed by atoms with Crippen LogP contribution in [0.5, 0.6) is 5.75 Å². The molecule has 0 saturated carbocycles. The number of thiazole rings is 1. The lowest BCUT2D eigenvalue weighted by Crippen LogP contribution is -1.92. The van der Waals surface area contributed by atoms with Crippen molar-refractivity contribution in [3.63, 3.8) is 0 Å². The molecule has 1 heterocycles. The molecule has 0 aliphatic rings. The molecule has 0 aliphatic heterocycles. The molecule has 0 radical (unpaired) electrons. The maximum atomic E-state index is 5.59. The Balaban J connectivity index is 1.70. The third kappa shape index (κ3) is 3.04. The van der Waals surface area contributed by atoms with Crippen molar-refractivity contribution in [3.8, 4) is 5.75 Å². The molecule has 3 aromatic carbocycles. The molecule has 0 N–H and O–H groups in total. The molecule has 2 nitrogen and oxygen atoms in total. The summed E-state index contributed by atoms with van der Waals surface area (Å²) in [5.74, 6) is 1.76. The van der Waals surface area contributed by atoms with Gasteiger partial charge in [-0.25, -0.2) is 4.98 Å². The lowest BCUT2D eigenvalue weighted by atomic mass is 10.0. The van der Waals surface area contributed by atoms with Crippen molar-refractivity contribution in [1.82, 2.24) is 4.98 Å². The lowest BCUT2D eigenvalue weighted by Gasteiger charge is -2.11. The van der Waals surface area contributed by atoms with Gasteiger partial charge in [0.05, 0.1) is 17.3 Å². The maximum Gasteiger partial charge on any atom is 0.151 e. The van der Waals surface area contributed by atoms with Crippen LogP contribution < -0.4 is 4.74 Å². The van der Waals surface area contributed by atoms with Crippen LogP contribution in [-0.2, 0) is 5.75 Å². The summed E-state index contributed by atoms with van der Waals surface area (Å²) in [6.07, 6.45) is 0. The van der Waals surface area contributed by atoms with Gasteiger partial charge in [-0.05, 0) is 41.1 Å². The van der Waals surface area contributed by atoms with Crippen LogP contribution in [0, 0.1) is 0 Å². The van der Waals surface area contributed by atoms with Crippen LogP contribution in [-0.4, -0.2) is 12.1 Å². The van der Waals surface area contributed by atoms with Crippen molar-refractivity contribution < 1.29 is 4.74 Å². The van der Waals surface area contributed by atoms with Gasteiger partial charge in [-0.3, -0.25) is 0 Å². The van der Waals surface area contributed by atoms with E-state index in [1.807, 2.05) is 12.1 Å². The van der Waals surface area contributed by atoms with E-state index in [4.69, 9.17) is 9.72 Å². The van der Waals surface area contributed by atoms with Crippen molar-refractivity contribution in [2.75, 3.05) is 7.11 Å². The Morgan fingerprint density at radius 1 is 1.12 bits per heavy atom. The summed E-state index contributed by atoms with van der Waals surface area (Å²) in [6.45, 7) is 0. The zero-order valence-electron chi connectivity index (χ0n) is 13.0. The van der Waals surface area contributed by atoms with Crippen molar-refractivity contribution in [2.24, 2.45) is 0 Å². The molecule has 0 bridgehead atoms. The van der Waals surface area contributed by atoms with Gasteiger partial charge in [0.25, 0.3) is 0 Å². The molecular formula is C19H14BrNOS2. The first-order chi connectivity index (χ1) is 11.7. The number of hydrogen-bond acceptors (Lipinski definition) is 4. The summed E-state index contributed by atoms with van der Waals surface area (Å²) in [7, 11) is 1.73. The van der Waals surface area contributed by atoms with Crippen molar-refractivity contribution in [2.45, 2.75) is 10.1 Å². The molecule has 0 amide bonds. The van der Waals surface area contributed by atoms with E-state index in [2.05, 4.69) is 58.4 Å². The van der Waals surface area contributed by atoms with E-state index in [9.17, 15) is 0 Å². The Bertz CT molecular complexity index is 995. The van der Waals surface area contributed by atoms with Crippen LogP contribution in [0.3, 0.4) is 0 Å². The average molecular weight is 416 g/mol. The van der Waals surface area contributed by atoms with E-state index in [0.717, 1.165) is 25.8 Å². The highest BCUT2D eigenvalue weighted by Gasteiger charge is 2.11. The number of hydrogen-bond donors (Lipinski definition) is 0. The topological polar surface area (TPSA) is 22.1 Å². The Labute approximate surface area is 157 Å². The number of thioether (sulfide) groups is 1. The predicted octanol–water partition coefficient (Wildman–Crippen LogP) is 6.51. The molecule has 24 heavy (non-hydrogen) atoms. The summed E-state index contributed by atoms with van der Waals surface area (Å²) in [5, 5.41) is 2.44. The fraction of sp³-hybridized carbons (Fsp3) is 0.105. The first-order valence-electron chi connectivity index (χ1n) is 7.48. The third-order valence-corrected chi connectivity index (χ3v) is 6.58. The maximum absolute atomic E-state index is 5.59. The Kier molecular flexibility index (Phi) is 4.48. The van der Waals surface area contributed by atoms with E-state index in [1.165, 1.54) is 21.0 Å². The molecule has 4 aromatic rings. The minimum Gasteiger partial charge on any atom is -0.496 e. The van der Waals surface area contributed by atoms with Gasteiger partial charge in [-0.2, -0.15) is 0 Å². The minimum absolute atomic E-state index is 0.835. The molecule has 1 aromatic heterocycles. The van der Waals surface area contributed by atoms with Crippen LogP contribution in [0.4, 0.5) is 0 Å². The highest BCUT2D eigenvalue weighted by molar-refractivity contribution is 9.10. The van der Waals surface area contributed by atoms with Gasteiger partial charge in [0.2, 0.25) is 0 Å². The molecule has 0 unspecified atom stereocenters. The van der Waals surface area contributed by atoms with Crippen LogP contribution in [0.15, 0.2) is 63.4 Å². The van der Waals surface area contributed by atoms with E-state index < -0.39 is 0 Å². The number of benzene rings is 3. The second-order valence-electron chi connectivity index (χ2n) is 5.35. The molecule has 0 fully saturated rings. The summed E-state index contributed by atoms with van der Waals surface area (Å²) >= 11 is 7.05. The standard InChI is InChI=1S/C19H14BrNOS2/c1-22-17-9-6-12-10-13(20)7-8-14(12)15(17)11-23-19-21-16-4-2-3-5-18(16)24-19/h2-10H,11H2,1H3. The number of aromatic nitrogens is 1. The number of halogens is 1. The van der Waals surface area contributed by atoms with Gasteiger partial charge in [-0.1, -0.05) is 52.0 Å². The van der Waals surface area contributed by atoms with Gasteiger partial charge < -0.3 is 4.74 Å². The zero-order chi connectivity index (χ0) is 16.5. The van der Waals surface area contributed by atoms with Crippen LogP contribution in [0.2, 0.25) is 0 Å². The Morgan fingerprint density at radius 2 is 2.00 bits per heavy atom. The molecule has 0 saturated heterocycles. The summed E-state index contributed by atoms with van der Waals surface area (Å²) in [6, 6.07) is 18.8. The van der Waals surface area contributed by atoms with Crippen molar-refractivity contribution >= 4 is 60.0 Å². The number of nitrogens with zero attached hydrogens (tertiary/aromatic N) is 1. The zero-order valence-corrected chi connectivity index (χ0v) is 16.2. The largest absolute Gasteiger partial charge is 0.496 e. The Hall–Kier alpha value is -1.56. The number of fused-ring (bicyclic) bond motifs is 2.